The van der Waals surface area contributed by atoms with E-state index in [1.54, 1.807) is 0 Å². The Balaban J connectivity index is 2.93. The van der Waals surface area contributed by atoms with Crippen molar-refractivity contribution >= 4 is 23.0 Å². The molecule has 3 N–H and O–H groups in total. The Bertz CT molecular complexity index is 421. The summed E-state index contributed by atoms with van der Waals surface area (Å²) in [6.07, 6.45) is -0.107. The number of anilines is 2. The first-order chi connectivity index (χ1) is 7.90. The Morgan fingerprint density at radius 3 is 2.76 bits per heavy atom. The van der Waals surface area contributed by atoms with Gasteiger partial charge in [-0.15, -0.1) is 0 Å². The lowest BCUT2D eigenvalue weighted by Gasteiger charge is -2.14. The third kappa shape index (κ3) is 4.15. The maximum Gasteiger partial charge on any atom is 0.167 e. The maximum atomic E-state index is 13.5. The molecule has 0 heterocycles. The Kier molecular flexibility index (Phi) is 4.63. The first-order valence-corrected chi connectivity index (χ1v) is 5.60. The van der Waals surface area contributed by atoms with E-state index in [-0.39, 0.29) is 11.9 Å². The lowest BCUT2D eigenvalue weighted by molar-refractivity contribution is 0.231. The van der Waals surface area contributed by atoms with E-state index < -0.39 is 5.82 Å². The fraction of sp³-hybridized carbons (Fsp3) is 0.333. The zero-order valence-electron chi connectivity index (χ0n) is 9.89. The van der Waals surface area contributed by atoms with Crippen LogP contribution in [-0.2, 0) is 0 Å². The van der Waals surface area contributed by atoms with Gasteiger partial charge in [0.2, 0.25) is 0 Å². The molecule has 0 saturated heterocycles. The number of benzene rings is 1. The zero-order chi connectivity index (χ0) is 13.0. The normalized spacial score (nSPS) is 10.4. The third-order valence-electron chi connectivity index (χ3n) is 1.94. The molecule has 5 heteroatoms. The minimum Gasteiger partial charge on any atom is -0.488 e. The van der Waals surface area contributed by atoms with E-state index in [1.165, 1.54) is 12.1 Å². The van der Waals surface area contributed by atoms with E-state index in [9.17, 15) is 4.39 Å². The highest BCUT2D eigenvalue weighted by Crippen LogP contribution is 2.29. The molecule has 0 aliphatic rings. The van der Waals surface area contributed by atoms with Crippen LogP contribution in [0.5, 0.6) is 5.75 Å². The van der Waals surface area contributed by atoms with E-state index >= 15 is 0 Å². The Labute approximate surface area is 105 Å². The molecule has 94 valence electrons. The molecule has 0 aromatic heterocycles. The molecule has 0 amide bonds. The van der Waals surface area contributed by atoms with Gasteiger partial charge in [-0.3, -0.25) is 0 Å². The van der Waals surface area contributed by atoms with Crippen LogP contribution in [0.3, 0.4) is 0 Å². The van der Waals surface area contributed by atoms with Gasteiger partial charge in [0, 0.05) is 17.2 Å². The summed E-state index contributed by atoms with van der Waals surface area (Å²) < 4.78 is 18.8. The summed E-state index contributed by atoms with van der Waals surface area (Å²) >= 11 is 5.63. The average Bonchev–Trinajstić information content (AvgIpc) is 2.19. The molecule has 0 bridgehead atoms. The molecule has 0 fully saturated rings. The summed E-state index contributed by atoms with van der Waals surface area (Å²) in [4.78, 5) is 0. The highest BCUT2D eigenvalue weighted by atomic mass is 35.5. The van der Waals surface area contributed by atoms with Gasteiger partial charge in [-0.25, -0.2) is 4.39 Å². The highest BCUT2D eigenvalue weighted by Gasteiger charge is 2.10. The highest BCUT2D eigenvalue weighted by molar-refractivity contribution is 6.29. The van der Waals surface area contributed by atoms with Crippen molar-refractivity contribution in [1.29, 1.82) is 0 Å². The van der Waals surface area contributed by atoms with E-state index in [4.69, 9.17) is 22.1 Å². The molecule has 0 unspecified atom stereocenters. The minimum absolute atomic E-state index is 0.107. The molecular formula is C12H16ClFN2O. The van der Waals surface area contributed by atoms with Gasteiger partial charge < -0.3 is 15.8 Å². The van der Waals surface area contributed by atoms with Crippen LogP contribution >= 0.6 is 11.6 Å². The van der Waals surface area contributed by atoms with E-state index in [0.717, 1.165) is 0 Å². The predicted molar refractivity (Wildman–Crippen MR) is 70.1 cm³/mol. The molecule has 3 nitrogen and oxygen atoms in total. The molecule has 0 radical (unpaired) electrons. The fourth-order valence-electron chi connectivity index (χ4n) is 1.26. The van der Waals surface area contributed by atoms with Gasteiger partial charge in [-0.2, -0.15) is 0 Å². The SMILES string of the molecule is C=C(Cl)CNc1cc(OC(C)C)c(F)cc1N. The van der Waals surface area contributed by atoms with Crippen molar-refractivity contribution in [2.24, 2.45) is 0 Å². The first-order valence-electron chi connectivity index (χ1n) is 5.23. The second-order valence-electron chi connectivity index (χ2n) is 3.91. The van der Waals surface area contributed by atoms with Crippen LogP contribution in [0, 0.1) is 5.82 Å². The summed E-state index contributed by atoms with van der Waals surface area (Å²) in [5.41, 5.74) is 6.55. The number of hydrogen-bond acceptors (Lipinski definition) is 3. The van der Waals surface area contributed by atoms with Crippen molar-refractivity contribution in [3.05, 3.63) is 29.6 Å². The molecule has 0 spiro atoms. The van der Waals surface area contributed by atoms with E-state index in [0.29, 0.717) is 23.0 Å². The van der Waals surface area contributed by atoms with Crippen molar-refractivity contribution in [2.75, 3.05) is 17.6 Å². The van der Waals surface area contributed by atoms with Crippen LogP contribution < -0.4 is 15.8 Å². The summed E-state index contributed by atoms with van der Waals surface area (Å²) in [7, 11) is 0. The van der Waals surface area contributed by atoms with Crippen LogP contribution in [0.4, 0.5) is 15.8 Å². The number of hydrogen-bond donors (Lipinski definition) is 2. The van der Waals surface area contributed by atoms with Crippen molar-refractivity contribution in [2.45, 2.75) is 20.0 Å². The van der Waals surface area contributed by atoms with Gasteiger partial charge in [0.05, 0.1) is 24.0 Å². The molecular weight excluding hydrogens is 243 g/mol. The topological polar surface area (TPSA) is 47.3 Å². The second kappa shape index (κ2) is 5.77. The summed E-state index contributed by atoms with van der Waals surface area (Å²) in [5, 5.41) is 3.39. The monoisotopic (exact) mass is 258 g/mol. The molecule has 0 saturated carbocycles. The average molecular weight is 259 g/mol. The molecule has 0 atom stereocenters. The molecule has 0 aliphatic carbocycles. The summed E-state index contributed by atoms with van der Waals surface area (Å²) in [6, 6.07) is 2.74. The van der Waals surface area contributed by atoms with Gasteiger partial charge in [-0.1, -0.05) is 18.2 Å². The number of rotatable bonds is 5. The third-order valence-corrected chi connectivity index (χ3v) is 2.07. The van der Waals surface area contributed by atoms with Gasteiger partial charge >= 0.3 is 0 Å². The molecule has 1 aromatic rings. The Hall–Kier alpha value is -1.42. The van der Waals surface area contributed by atoms with Crippen LogP contribution in [0.2, 0.25) is 0 Å². The van der Waals surface area contributed by atoms with E-state index in [1.807, 2.05) is 13.8 Å². The molecule has 1 aromatic carbocycles. The lowest BCUT2D eigenvalue weighted by Crippen LogP contribution is -2.09. The van der Waals surface area contributed by atoms with Crippen LogP contribution in [-0.4, -0.2) is 12.6 Å². The number of nitrogens with two attached hydrogens (primary N) is 1. The Morgan fingerprint density at radius 2 is 2.24 bits per heavy atom. The van der Waals surface area contributed by atoms with Crippen LogP contribution in [0.15, 0.2) is 23.7 Å². The summed E-state index contributed by atoms with van der Waals surface area (Å²) in [5.74, 6) is -0.316. The second-order valence-corrected chi connectivity index (χ2v) is 4.44. The van der Waals surface area contributed by atoms with Gasteiger partial charge in [0.25, 0.3) is 0 Å². The lowest BCUT2D eigenvalue weighted by atomic mass is 10.2. The molecule has 17 heavy (non-hydrogen) atoms. The largest absolute Gasteiger partial charge is 0.488 e. The minimum atomic E-state index is -0.480. The summed E-state index contributed by atoms with van der Waals surface area (Å²) in [6.45, 7) is 7.55. The molecule has 1 rings (SSSR count). The quantitative estimate of drug-likeness (QED) is 0.796. The van der Waals surface area contributed by atoms with Gasteiger partial charge in [0.15, 0.2) is 11.6 Å². The standard InChI is InChI=1S/C12H16ClFN2O/c1-7(2)17-12-5-11(16-6-8(3)13)10(15)4-9(12)14/h4-5,7,16H,3,6,15H2,1-2H3. The van der Waals surface area contributed by atoms with Crippen molar-refractivity contribution < 1.29 is 9.13 Å². The zero-order valence-corrected chi connectivity index (χ0v) is 10.6. The van der Waals surface area contributed by atoms with E-state index in [2.05, 4.69) is 11.9 Å². The van der Waals surface area contributed by atoms with Gasteiger partial charge in [-0.05, 0) is 13.8 Å². The molecule has 0 aliphatic heterocycles. The van der Waals surface area contributed by atoms with Gasteiger partial charge in [0.1, 0.15) is 0 Å². The first kappa shape index (κ1) is 13.6. The van der Waals surface area contributed by atoms with Crippen LogP contribution in [0.25, 0.3) is 0 Å². The Morgan fingerprint density at radius 1 is 1.59 bits per heavy atom. The van der Waals surface area contributed by atoms with Crippen molar-refractivity contribution in [3.63, 3.8) is 0 Å². The van der Waals surface area contributed by atoms with Crippen molar-refractivity contribution in [3.8, 4) is 5.75 Å². The predicted octanol–water partition coefficient (Wildman–Crippen LogP) is 3.36. The van der Waals surface area contributed by atoms with Crippen molar-refractivity contribution in [1.82, 2.24) is 0 Å². The number of ether oxygens (including phenoxy) is 1. The number of nitrogen functional groups attached to an aromatic ring is 1. The number of nitrogens with one attached hydrogen (secondary N) is 1. The number of halogens is 2. The smallest absolute Gasteiger partial charge is 0.167 e. The maximum absolute atomic E-state index is 13.5. The fourth-order valence-corrected chi connectivity index (χ4v) is 1.32. The van der Waals surface area contributed by atoms with Crippen LogP contribution in [0.1, 0.15) is 13.8 Å².